The van der Waals surface area contributed by atoms with E-state index in [-0.39, 0.29) is 5.69 Å². The molecule has 84 valence electrons. The van der Waals surface area contributed by atoms with Gasteiger partial charge in [-0.1, -0.05) is 0 Å². The van der Waals surface area contributed by atoms with Crippen molar-refractivity contribution in [2.75, 3.05) is 11.9 Å². The largest absolute Gasteiger partial charge is 0.387 e. The molecular formula is C9H10N4O3. The van der Waals surface area contributed by atoms with Crippen molar-refractivity contribution >= 4 is 5.82 Å². The lowest BCUT2D eigenvalue weighted by Crippen LogP contribution is -2.37. The number of rotatable bonds is 0. The lowest BCUT2D eigenvalue weighted by Gasteiger charge is -2.19. The number of ether oxygens (including phenoxy) is 1. The molecule has 2 aliphatic rings. The van der Waals surface area contributed by atoms with Crippen LogP contribution in [-0.2, 0) is 4.74 Å². The van der Waals surface area contributed by atoms with Crippen LogP contribution in [0.15, 0.2) is 6.33 Å². The molecule has 3 heterocycles. The van der Waals surface area contributed by atoms with E-state index >= 15 is 0 Å². The van der Waals surface area contributed by atoms with Crippen molar-refractivity contribution in [2.24, 2.45) is 0 Å². The van der Waals surface area contributed by atoms with Crippen LogP contribution in [0.4, 0.5) is 5.82 Å². The van der Waals surface area contributed by atoms with Gasteiger partial charge in [0.1, 0.15) is 36.5 Å². The molecule has 0 amide bonds. The smallest absolute Gasteiger partial charge is 0.182 e. The number of imidazole rings is 1. The molecule has 1 saturated heterocycles. The second-order valence-electron chi connectivity index (χ2n) is 3.89. The van der Waals surface area contributed by atoms with Crippen LogP contribution in [0, 0.1) is 11.3 Å². The Hall–Kier alpha value is -1.62. The highest BCUT2D eigenvalue weighted by molar-refractivity contribution is 5.50. The lowest BCUT2D eigenvalue weighted by atomic mass is 10.1. The van der Waals surface area contributed by atoms with Gasteiger partial charge in [-0.2, -0.15) is 5.26 Å². The minimum Gasteiger partial charge on any atom is -0.387 e. The Morgan fingerprint density at radius 1 is 1.56 bits per heavy atom. The van der Waals surface area contributed by atoms with E-state index in [1.165, 1.54) is 6.33 Å². The molecular weight excluding hydrogens is 212 g/mol. The summed E-state index contributed by atoms with van der Waals surface area (Å²) in [5, 5.41) is 31.3. The Balaban J connectivity index is 2.08. The average molecular weight is 222 g/mol. The van der Waals surface area contributed by atoms with E-state index in [1.807, 2.05) is 6.07 Å². The number of anilines is 1. The Morgan fingerprint density at radius 3 is 3.12 bits per heavy atom. The zero-order valence-corrected chi connectivity index (χ0v) is 8.24. The van der Waals surface area contributed by atoms with Crippen LogP contribution in [0.3, 0.4) is 0 Å². The van der Waals surface area contributed by atoms with Crippen molar-refractivity contribution in [3.8, 4) is 6.07 Å². The van der Waals surface area contributed by atoms with Gasteiger partial charge in [0.15, 0.2) is 11.9 Å². The molecule has 0 aromatic carbocycles. The summed E-state index contributed by atoms with van der Waals surface area (Å²) in [6, 6.07) is 1.95. The predicted molar refractivity (Wildman–Crippen MR) is 51.4 cm³/mol. The highest BCUT2D eigenvalue weighted by atomic mass is 16.6. The van der Waals surface area contributed by atoms with Gasteiger partial charge in [-0.05, 0) is 0 Å². The van der Waals surface area contributed by atoms with Crippen LogP contribution in [0.25, 0.3) is 0 Å². The molecule has 1 fully saturated rings. The van der Waals surface area contributed by atoms with Gasteiger partial charge in [0.2, 0.25) is 0 Å². The van der Waals surface area contributed by atoms with E-state index in [0.29, 0.717) is 12.4 Å². The van der Waals surface area contributed by atoms with Crippen molar-refractivity contribution in [1.29, 1.82) is 5.26 Å². The average Bonchev–Trinajstić information content (AvgIpc) is 2.73. The van der Waals surface area contributed by atoms with Crippen molar-refractivity contribution in [2.45, 2.75) is 24.5 Å². The molecule has 3 N–H and O–H groups in total. The number of aliphatic hydroxyl groups excluding tert-OH is 2. The first-order chi connectivity index (χ1) is 7.72. The van der Waals surface area contributed by atoms with Gasteiger partial charge in [-0.25, -0.2) is 4.98 Å². The van der Waals surface area contributed by atoms with Crippen LogP contribution in [0.5, 0.6) is 0 Å². The number of hydrogen-bond acceptors (Lipinski definition) is 6. The lowest BCUT2D eigenvalue weighted by molar-refractivity contribution is -0.0282. The van der Waals surface area contributed by atoms with Crippen LogP contribution < -0.4 is 5.32 Å². The third kappa shape index (κ3) is 1.09. The molecule has 3 rings (SSSR count). The molecule has 7 nitrogen and oxygen atoms in total. The minimum absolute atomic E-state index is 0.262. The second kappa shape index (κ2) is 3.18. The summed E-state index contributed by atoms with van der Waals surface area (Å²) in [4.78, 5) is 3.90. The number of nitriles is 1. The summed E-state index contributed by atoms with van der Waals surface area (Å²) in [5.74, 6) is 0.529. The van der Waals surface area contributed by atoms with E-state index in [0.717, 1.165) is 0 Å². The Kier molecular flexibility index (Phi) is 1.91. The monoisotopic (exact) mass is 222 g/mol. The van der Waals surface area contributed by atoms with E-state index in [9.17, 15) is 10.2 Å². The third-order valence-corrected chi connectivity index (χ3v) is 2.98. The van der Waals surface area contributed by atoms with Crippen LogP contribution in [0.1, 0.15) is 11.9 Å². The maximum Gasteiger partial charge on any atom is 0.182 e. The zero-order valence-electron chi connectivity index (χ0n) is 8.24. The van der Waals surface area contributed by atoms with Crippen molar-refractivity contribution in [3.05, 3.63) is 12.0 Å². The highest BCUT2D eigenvalue weighted by Crippen LogP contribution is 2.35. The SMILES string of the molecule is N#Cc1ncn2c1NCC1OC2C(O)[C@@H]1O. The van der Waals surface area contributed by atoms with Gasteiger partial charge in [0, 0.05) is 6.54 Å². The van der Waals surface area contributed by atoms with Crippen LogP contribution in [0.2, 0.25) is 0 Å². The molecule has 0 aliphatic carbocycles. The molecule has 3 unspecified atom stereocenters. The number of aromatic nitrogens is 2. The first-order valence-corrected chi connectivity index (χ1v) is 4.95. The second-order valence-corrected chi connectivity index (χ2v) is 3.89. The summed E-state index contributed by atoms with van der Waals surface area (Å²) in [6.07, 6.45) is -1.63. The third-order valence-electron chi connectivity index (χ3n) is 2.98. The fourth-order valence-corrected chi connectivity index (χ4v) is 2.14. The molecule has 4 atom stereocenters. The molecule has 0 radical (unpaired) electrons. The molecule has 1 aromatic heterocycles. The molecule has 1 aromatic rings. The minimum atomic E-state index is -0.994. The summed E-state index contributed by atoms with van der Waals surface area (Å²) >= 11 is 0. The maximum absolute atomic E-state index is 9.79. The van der Waals surface area contributed by atoms with Gasteiger partial charge < -0.3 is 20.3 Å². The number of aliphatic hydroxyl groups is 2. The molecule has 16 heavy (non-hydrogen) atoms. The maximum atomic E-state index is 9.79. The number of hydrogen-bond donors (Lipinski definition) is 3. The number of fused-ring (bicyclic) bond motifs is 4. The van der Waals surface area contributed by atoms with Crippen LogP contribution in [-0.4, -0.2) is 44.6 Å². The highest BCUT2D eigenvalue weighted by Gasteiger charge is 2.46. The van der Waals surface area contributed by atoms with Gasteiger partial charge in [-0.15, -0.1) is 0 Å². The van der Waals surface area contributed by atoms with Gasteiger partial charge in [0.05, 0.1) is 0 Å². The fourth-order valence-electron chi connectivity index (χ4n) is 2.14. The first-order valence-electron chi connectivity index (χ1n) is 4.95. The molecule has 2 aliphatic heterocycles. The van der Waals surface area contributed by atoms with E-state index in [4.69, 9.17) is 10.00 Å². The predicted octanol–water partition coefficient (Wildman–Crippen LogP) is -1.20. The standard InChI is InChI=1S/C9H10N4O3/c10-1-4-8-11-2-5-6(14)7(15)9(16-5)13(8)3-12-4/h3,5-7,9,11,14-15H,2H2/t5?,6-,7?,9?/m1/s1. The van der Waals surface area contributed by atoms with Crippen molar-refractivity contribution < 1.29 is 14.9 Å². The molecule has 7 heteroatoms. The Labute approximate surface area is 90.9 Å². The Morgan fingerprint density at radius 2 is 2.38 bits per heavy atom. The summed E-state index contributed by atoms with van der Waals surface area (Å²) in [7, 11) is 0. The summed E-state index contributed by atoms with van der Waals surface area (Å²) < 4.78 is 7.02. The van der Waals surface area contributed by atoms with Crippen LogP contribution >= 0.6 is 0 Å². The van der Waals surface area contributed by atoms with E-state index in [1.54, 1.807) is 4.57 Å². The van der Waals surface area contributed by atoms with Gasteiger partial charge in [-0.3, -0.25) is 4.57 Å². The first kappa shape index (κ1) is 9.59. The topological polar surface area (TPSA) is 103 Å². The fraction of sp³-hybridized carbons (Fsp3) is 0.556. The summed E-state index contributed by atoms with van der Waals surface area (Å²) in [6.45, 7) is 0.342. The van der Waals surface area contributed by atoms with Gasteiger partial charge in [0.25, 0.3) is 0 Å². The van der Waals surface area contributed by atoms with E-state index < -0.39 is 24.5 Å². The van der Waals surface area contributed by atoms with E-state index in [2.05, 4.69) is 10.3 Å². The number of nitrogens with zero attached hydrogens (tertiary/aromatic N) is 3. The van der Waals surface area contributed by atoms with Gasteiger partial charge >= 0.3 is 0 Å². The quantitative estimate of drug-likeness (QED) is 0.509. The molecule has 2 bridgehead atoms. The normalized spacial score (nSPS) is 36.1. The Bertz CT molecular complexity index is 466. The van der Waals surface area contributed by atoms with Crippen molar-refractivity contribution in [1.82, 2.24) is 9.55 Å². The van der Waals surface area contributed by atoms with Crippen molar-refractivity contribution in [3.63, 3.8) is 0 Å². The molecule has 0 saturated carbocycles. The number of nitrogens with one attached hydrogen (secondary N) is 1. The molecule has 0 spiro atoms. The zero-order chi connectivity index (χ0) is 11.3. The summed E-state index contributed by atoms with van der Waals surface area (Å²) in [5.41, 5.74) is 0.262.